The molecule has 0 atom stereocenters. The third kappa shape index (κ3) is 21.1. The molecule has 13 heterocycles. The van der Waals surface area contributed by atoms with E-state index in [9.17, 15) is 47.9 Å². The molecule has 668 valence electrons. The molecule has 12 aromatic rings. The van der Waals surface area contributed by atoms with E-state index < -0.39 is 23.3 Å². The molecule has 5 aromatic heterocycles. The summed E-state index contributed by atoms with van der Waals surface area (Å²) in [5.74, 6) is 0.379. The number of ketones is 4. The summed E-state index contributed by atoms with van der Waals surface area (Å²) in [5, 5.41) is 0. The Morgan fingerprint density at radius 3 is 1.00 bits per heavy atom. The molecule has 0 aliphatic carbocycles. The number of hydrogen-bond donors (Lipinski definition) is 0. The van der Waals surface area contributed by atoms with Crippen LogP contribution in [-0.2, 0) is 35.3 Å². The molecule has 134 heavy (non-hydrogen) atoms. The Morgan fingerprint density at radius 2 is 0.642 bits per heavy atom. The van der Waals surface area contributed by atoms with Crippen molar-refractivity contribution in [3.8, 4) is 12.3 Å². The average molecular weight is 1780 g/mol. The lowest BCUT2D eigenvalue weighted by molar-refractivity contribution is -0.149. The van der Waals surface area contributed by atoms with Crippen molar-refractivity contribution in [3.63, 3.8) is 0 Å². The number of aliphatic imine (C=N–C) groups is 4. The van der Waals surface area contributed by atoms with Gasteiger partial charge < -0.3 is 19.6 Å². The maximum atomic E-state index is 13.2. The number of carbonyl (C=O) groups is 10. The largest absolute Gasteiger partial charge is 0.335 e. The number of benzene rings is 7. The van der Waals surface area contributed by atoms with Gasteiger partial charge in [0.2, 0.25) is 11.8 Å². The summed E-state index contributed by atoms with van der Waals surface area (Å²) in [5.41, 5.74) is 18.4. The second kappa shape index (κ2) is 41.0. The lowest BCUT2D eigenvalue weighted by Crippen LogP contribution is -2.58. The van der Waals surface area contributed by atoms with Crippen molar-refractivity contribution >= 4 is 104 Å². The van der Waals surface area contributed by atoms with Gasteiger partial charge in [-0.05, 0) is 121 Å². The average Bonchev–Trinajstić information content (AvgIpc) is 1.24. The van der Waals surface area contributed by atoms with E-state index in [1.165, 1.54) is 35.4 Å². The summed E-state index contributed by atoms with van der Waals surface area (Å²) in [7, 11) is 0. The number of amides is 6. The number of para-hydroxylation sites is 4. The number of fused-ring (bicyclic) bond motifs is 4. The number of nitrogens with zero attached hydrogens (tertiary/aromatic N) is 18. The zero-order valence-corrected chi connectivity index (χ0v) is 74.0. The van der Waals surface area contributed by atoms with Crippen LogP contribution in [0.1, 0.15) is 148 Å². The van der Waals surface area contributed by atoms with Crippen molar-refractivity contribution in [2.75, 3.05) is 111 Å². The fourth-order valence-corrected chi connectivity index (χ4v) is 17.1. The van der Waals surface area contributed by atoms with Crippen LogP contribution >= 0.6 is 0 Å². The lowest BCUT2D eigenvalue weighted by atomic mass is 9.90. The Morgan fingerprint density at radius 1 is 0.328 bits per heavy atom. The van der Waals surface area contributed by atoms with E-state index in [2.05, 4.69) is 78.8 Å². The predicted octanol–water partition coefficient (Wildman–Crippen LogP) is 12.2. The van der Waals surface area contributed by atoms with Gasteiger partial charge in [0.25, 0.3) is 23.6 Å². The van der Waals surface area contributed by atoms with Crippen LogP contribution < -0.4 is 0 Å². The van der Waals surface area contributed by atoms with Crippen LogP contribution in [0.3, 0.4) is 0 Å². The van der Waals surface area contributed by atoms with E-state index >= 15 is 0 Å². The van der Waals surface area contributed by atoms with Crippen molar-refractivity contribution in [1.82, 2.24) is 69.1 Å². The van der Waals surface area contributed by atoms with Crippen molar-refractivity contribution in [2.45, 2.75) is 45.1 Å². The van der Waals surface area contributed by atoms with Crippen LogP contribution in [0.25, 0.3) is 0 Å². The summed E-state index contributed by atoms with van der Waals surface area (Å²) < 4.78 is 0. The molecule has 6 amide bonds. The summed E-state index contributed by atoms with van der Waals surface area (Å²) in [4.78, 5) is 187. The molecule has 28 nitrogen and oxygen atoms in total. The van der Waals surface area contributed by atoms with Gasteiger partial charge in [-0.15, -0.1) is 6.42 Å². The quantitative estimate of drug-likeness (QED) is 0.0389. The number of piperazine rings is 4. The van der Waals surface area contributed by atoms with E-state index in [-0.39, 0.29) is 66.2 Å². The normalized spacial score (nSPS) is 15.7. The summed E-state index contributed by atoms with van der Waals surface area (Å²) in [6.45, 7) is 10.7. The van der Waals surface area contributed by atoms with Crippen LogP contribution in [0.15, 0.2) is 293 Å². The summed E-state index contributed by atoms with van der Waals surface area (Å²) in [6.07, 6.45) is 12.6. The lowest BCUT2D eigenvalue weighted by Gasteiger charge is -2.43. The van der Waals surface area contributed by atoms with E-state index in [1.54, 1.807) is 101 Å². The third-order valence-electron chi connectivity index (χ3n) is 24.7. The van der Waals surface area contributed by atoms with Crippen molar-refractivity contribution in [1.29, 1.82) is 0 Å². The molecular weight excluding hydrogens is 1690 g/mol. The minimum absolute atomic E-state index is 0.0157. The molecule has 8 aliphatic rings. The zero-order valence-electron chi connectivity index (χ0n) is 74.0. The first-order valence-electron chi connectivity index (χ1n) is 44.5. The molecule has 7 aromatic carbocycles. The van der Waals surface area contributed by atoms with Crippen LogP contribution in [0.4, 0.5) is 22.7 Å². The summed E-state index contributed by atoms with van der Waals surface area (Å²) in [6, 6.07) is 78.5. The van der Waals surface area contributed by atoms with Crippen LogP contribution in [0.2, 0.25) is 0 Å². The van der Waals surface area contributed by atoms with Gasteiger partial charge in [0.15, 0.2) is 23.1 Å². The summed E-state index contributed by atoms with van der Waals surface area (Å²) >= 11 is 0. The third-order valence-corrected chi connectivity index (χ3v) is 24.7. The number of carbonyl (C=O) groups excluding carboxylic acids is 10. The van der Waals surface area contributed by atoms with E-state index in [1.807, 2.05) is 169 Å². The Bertz CT molecular complexity index is 6690. The first-order chi connectivity index (χ1) is 65.2. The van der Waals surface area contributed by atoms with Gasteiger partial charge in [0.05, 0.1) is 99.1 Å². The molecule has 0 N–H and O–H groups in total. The van der Waals surface area contributed by atoms with Gasteiger partial charge >= 0.3 is 0 Å². The van der Waals surface area contributed by atoms with E-state index in [0.29, 0.717) is 143 Å². The van der Waals surface area contributed by atoms with Crippen LogP contribution in [0.5, 0.6) is 0 Å². The smallest absolute Gasteiger partial charge is 0.273 e. The first kappa shape index (κ1) is 90.0. The molecule has 4 saturated heterocycles. The number of rotatable bonds is 20. The van der Waals surface area contributed by atoms with Crippen LogP contribution in [-0.4, -0.2) is 267 Å². The van der Waals surface area contributed by atoms with Gasteiger partial charge in [0.1, 0.15) is 42.2 Å². The minimum Gasteiger partial charge on any atom is -0.335 e. The highest BCUT2D eigenvalue weighted by Gasteiger charge is 2.40. The van der Waals surface area contributed by atoms with Gasteiger partial charge in [-0.3, -0.25) is 87.5 Å². The van der Waals surface area contributed by atoms with Crippen LogP contribution in [0, 0.1) is 12.3 Å². The maximum absolute atomic E-state index is 13.2. The molecule has 0 radical (unpaired) electrons. The number of Topliss-reactive ketones (excluding diaryl/α,β-unsaturated/α-hetero) is 4. The Balaban J connectivity index is 0.000000124. The monoisotopic (exact) mass is 1780 g/mol. The number of pyridine rings is 4. The van der Waals surface area contributed by atoms with Gasteiger partial charge in [-0.1, -0.05) is 176 Å². The highest BCUT2D eigenvalue weighted by Crippen LogP contribution is 2.34. The fourth-order valence-electron chi connectivity index (χ4n) is 17.1. The molecule has 20 rings (SSSR count). The minimum atomic E-state index is -0.635. The number of imide groups is 1. The Kier molecular flexibility index (Phi) is 27.5. The van der Waals surface area contributed by atoms with Crippen molar-refractivity contribution < 1.29 is 47.9 Å². The van der Waals surface area contributed by atoms with Gasteiger partial charge in [-0.25, -0.2) is 29.9 Å². The van der Waals surface area contributed by atoms with Crippen molar-refractivity contribution in [2.24, 2.45) is 20.0 Å². The van der Waals surface area contributed by atoms with Gasteiger partial charge in [-0.2, -0.15) is 0 Å². The first-order valence-corrected chi connectivity index (χ1v) is 44.5. The number of terminal acetylenes is 1. The molecule has 0 spiro atoms. The topological polar surface area (TPSA) is 323 Å². The maximum Gasteiger partial charge on any atom is 0.273 e. The number of hydrogen-bond acceptors (Lipinski definition) is 23. The SMILES string of the molecule is C#Cc1ccc(C(=O)CN2CCN(C(=O)c3cccc(C4=Nc5ccccc5C4)n3)CC2)cc1.CC(C)(C(=O)c1ccccc1)N1CCN(C(=O)c2cccc(C3=Nc4ccccc4C3)n2)CC1.O=C(CN1C(=O)CN(C(=O)c2cccc(C3=Nc4ccccc4C3)n2)CC1=O)c1ccccc1.O=C(CN1CCN(C(=O)c2cccc(C3=Nc4ccccc4C3)n2)CC1)c1cncnc1. The van der Waals surface area contributed by atoms with Gasteiger partial charge in [0, 0.05) is 139 Å². The van der Waals surface area contributed by atoms with E-state index in [4.69, 9.17) is 11.4 Å². The highest BCUT2D eigenvalue weighted by molar-refractivity contribution is 6.12. The van der Waals surface area contributed by atoms with Crippen molar-refractivity contribution in [3.05, 3.63) is 369 Å². The molecule has 0 saturated carbocycles. The second-order valence-corrected chi connectivity index (χ2v) is 33.8. The van der Waals surface area contributed by atoms with E-state index in [0.717, 1.165) is 103 Å². The Hall–Kier alpha value is -16.0. The zero-order chi connectivity index (χ0) is 92.8. The predicted molar refractivity (Wildman–Crippen MR) is 508 cm³/mol. The molecule has 28 heteroatoms. The second-order valence-electron chi connectivity index (χ2n) is 33.8. The highest BCUT2D eigenvalue weighted by atomic mass is 16.2. The molecule has 0 unspecified atom stereocenters. The molecular formula is C106H94N18O10. The molecule has 4 fully saturated rings. The molecule has 0 bridgehead atoms. The number of aromatic nitrogens is 6. The Labute approximate surface area is 774 Å². The standard InChI is InChI=1S/C28H28N4O2.C28H24N4O2.C26H20N4O4.C24H22N6O2/c1-28(2,26(33)20-9-4-3-5-10-20)32-17-15-31(16-18-32)27(34)24-14-8-13-23(30-24)25-19-21-11-6-7-12-22(21)29-25;1-2-20-10-12-21(13-11-20)27(33)19-31-14-16-32(17-15-31)28(34)25-9-5-8-24(30-25)26-18-22-6-3-4-7-23(22)29-26;31-23(17-7-2-1-3-8-17)14-30-24(32)15-29(16-25(30)33)26(34)21-12-6-11-20(28-21)22-13-18-9-4-5-10-19(18)27-22;31-23(18-13-25-16-26-14-18)15-29-8-10-30(11-9-29)24(32)21-7-3-6-20(28-21)22-12-17-4-1-2-5-19(17)27-22/h3-14H,15-19H2,1-2H3;1,3-13H,14-19H2;1-12H,13-16H2;1-7,13-14,16H,8-12,15H2. The fraction of sp³-hybridized carbons (Fsp3) is 0.226. The molecule has 8 aliphatic heterocycles.